The zero-order valence-electron chi connectivity index (χ0n) is 11.3. The zero-order valence-corrected chi connectivity index (χ0v) is 11.3. The lowest BCUT2D eigenvalue weighted by Gasteiger charge is -2.10. The Hall–Kier alpha value is -2.10. The van der Waals surface area contributed by atoms with Gasteiger partial charge in [0.1, 0.15) is 11.5 Å². The van der Waals surface area contributed by atoms with Crippen LogP contribution in [0.1, 0.15) is 35.7 Å². The predicted molar refractivity (Wildman–Crippen MR) is 73.1 cm³/mol. The van der Waals surface area contributed by atoms with E-state index >= 15 is 0 Å². The van der Waals surface area contributed by atoms with E-state index in [9.17, 15) is 4.79 Å². The molecule has 4 heteroatoms. The van der Waals surface area contributed by atoms with Crippen molar-refractivity contribution < 1.29 is 9.53 Å². The Bertz CT molecular complexity index is 547. The number of rotatable bonds is 5. The van der Waals surface area contributed by atoms with Crippen molar-refractivity contribution in [3.63, 3.8) is 0 Å². The van der Waals surface area contributed by atoms with E-state index in [1.54, 1.807) is 13.1 Å². The molecule has 4 nitrogen and oxygen atoms in total. The SMILES string of the molecule is CCOC(=O)c1cnc(CC)n1Cc1ccccc1. The van der Waals surface area contributed by atoms with E-state index in [1.165, 1.54) is 0 Å². The lowest BCUT2D eigenvalue weighted by atomic mass is 10.2. The van der Waals surface area contributed by atoms with Crippen molar-refractivity contribution in [2.45, 2.75) is 26.8 Å². The van der Waals surface area contributed by atoms with Gasteiger partial charge in [-0.2, -0.15) is 0 Å². The fourth-order valence-electron chi connectivity index (χ4n) is 2.01. The van der Waals surface area contributed by atoms with Crippen molar-refractivity contribution in [2.75, 3.05) is 6.61 Å². The molecule has 0 N–H and O–H groups in total. The van der Waals surface area contributed by atoms with Gasteiger partial charge in [-0.05, 0) is 12.5 Å². The average molecular weight is 258 g/mol. The van der Waals surface area contributed by atoms with Crippen LogP contribution in [0, 0.1) is 0 Å². The van der Waals surface area contributed by atoms with Gasteiger partial charge < -0.3 is 9.30 Å². The van der Waals surface area contributed by atoms with Crippen LogP contribution in [0.5, 0.6) is 0 Å². The number of hydrogen-bond donors (Lipinski definition) is 0. The van der Waals surface area contributed by atoms with Crippen LogP contribution in [-0.2, 0) is 17.7 Å². The van der Waals surface area contributed by atoms with E-state index in [-0.39, 0.29) is 5.97 Å². The molecule has 1 aromatic heterocycles. The third-order valence-corrected chi connectivity index (χ3v) is 2.92. The van der Waals surface area contributed by atoms with Gasteiger partial charge in [-0.1, -0.05) is 37.3 Å². The van der Waals surface area contributed by atoms with E-state index in [1.807, 2.05) is 41.8 Å². The minimum Gasteiger partial charge on any atom is -0.461 e. The Labute approximate surface area is 113 Å². The first kappa shape index (κ1) is 13.3. The lowest BCUT2D eigenvalue weighted by molar-refractivity contribution is 0.0514. The first-order valence-electron chi connectivity index (χ1n) is 6.51. The summed E-state index contributed by atoms with van der Waals surface area (Å²) >= 11 is 0. The second kappa shape index (κ2) is 6.18. The lowest BCUT2D eigenvalue weighted by Crippen LogP contribution is -2.14. The molecule has 0 amide bonds. The minimum absolute atomic E-state index is 0.314. The second-order valence-corrected chi connectivity index (χ2v) is 4.21. The average Bonchev–Trinajstić information content (AvgIpc) is 2.83. The molecule has 0 saturated heterocycles. The van der Waals surface area contributed by atoms with Gasteiger partial charge in [0.15, 0.2) is 0 Å². The molecule has 0 aliphatic carbocycles. The molecule has 0 saturated carbocycles. The summed E-state index contributed by atoms with van der Waals surface area (Å²) < 4.78 is 6.99. The molecule has 0 aliphatic heterocycles. The van der Waals surface area contributed by atoms with Gasteiger partial charge in [0, 0.05) is 13.0 Å². The molecule has 0 bridgehead atoms. The highest BCUT2D eigenvalue weighted by atomic mass is 16.5. The van der Waals surface area contributed by atoms with Crippen molar-refractivity contribution in [1.82, 2.24) is 9.55 Å². The molecule has 0 radical (unpaired) electrons. The van der Waals surface area contributed by atoms with Crippen LogP contribution in [0.3, 0.4) is 0 Å². The number of hydrogen-bond acceptors (Lipinski definition) is 3. The molecule has 2 rings (SSSR count). The van der Waals surface area contributed by atoms with Crippen LogP contribution < -0.4 is 0 Å². The summed E-state index contributed by atoms with van der Waals surface area (Å²) in [5, 5.41) is 0. The number of esters is 1. The summed E-state index contributed by atoms with van der Waals surface area (Å²) in [5.41, 5.74) is 1.66. The van der Waals surface area contributed by atoms with Crippen molar-refractivity contribution in [3.8, 4) is 0 Å². The second-order valence-electron chi connectivity index (χ2n) is 4.21. The molecule has 0 atom stereocenters. The molecule has 19 heavy (non-hydrogen) atoms. The highest BCUT2D eigenvalue weighted by molar-refractivity contribution is 5.87. The molecule has 100 valence electrons. The van der Waals surface area contributed by atoms with E-state index in [0.29, 0.717) is 18.8 Å². The van der Waals surface area contributed by atoms with Crippen molar-refractivity contribution >= 4 is 5.97 Å². The van der Waals surface area contributed by atoms with Gasteiger partial charge in [0.25, 0.3) is 0 Å². The molecular weight excluding hydrogens is 240 g/mol. The fourth-order valence-corrected chi connectivity index (χ4v) is 2.01. The van der Waals surface area contributed by atoms with Crippen LogP contribution in [-0.4, -0.2) is 22.1 Å². The number of benzene rings is 1. The maximum atomic E-state index is 11.9. The molecule has 0 spiro atoms. The van der Waals surface area contributed by atoms with E-state index in [0.717, 1.165) is 17.8 Å². The zero-order chi connectivity index (χ0) is 13.7. The number of aromatic nitrogens is 2. The number of carbonyl (C=O) groups excluding carboxylic acids is 1. The van der Waals surface area contributed by atoms with Crippen molar-refractivity contribution in [1.29, 1.82) is 0 Å². The predicted octanol–water partition coefficient (Wildman–Crippen LogP) is 2.67. The maximum Gasteiger partial charge on any atom is 0.356 e. The Morgan fingerprint density at radius 2 is 2.00 bits per heavy atom. The summed E-state index contributed by atoms with van der Waals surface area (Å²) in [5.74, 6) is 0.581. The summed E-state index contributed by atoms with van der Waals surface area (Å²) in [6, 6.07) is 10.0. The first-order chi connectivity index (χ1) is 9.26. The largest absolute Gasteiger partial charge is 0.461 e. The molecule has 0 aliphatic rings. The standard InChI is InChI=1S/C15H18N2O2/c1-3-14-16-10-13(15(18)19-4-2)17(14)11-12-8-6-5-7-9-12/h5-10H,3-4,11H2,1-2H3. The van der Waals surface area contributed by atoms with E-state index in [4.69, 9.17) is 4.74 Å². The van der Waals surface area contributed by atoms with Crippen molar-refractivity contribution in [3.05, 3.63) is 53.6 Å². The highest BCUT2D eigenvalue weighted by Crippen LogP contribution is 2.12. The normalized spacial score (nSPS) is 10.4. The number of imidazole rings is 1. The Morgan fingerprint density at radius 3 is 2.63 bits per heavy atom. The quantitative estimate of drug-likeness (QED) is 0.774. The monoisotopic (exact) mass is 258 g/mol. The maximum absolute atomic E-state index is 11.9. The number of ether oxygens (including phenoxy) is 1. The van der Waals surface area contributed by atoms with E-state index in [2.05, 4.69) is 4.98 Å². The summed E-state index contributed by atoms with van der Waals surface area (Å²) in [6.07, 6.45) is 2.38. The number of nitrogens with zero attached hydrogens (tertiary/aromatic N) is 2. The number of carbonyl (C=O) groups is 1. The van der Waals surface area contributed by atoms with Crippen LogP contribution in [0.25, 0.3) is 0 Å². The summed E-state index contributed by atoms with van der Waals surface area (Å²) in [7, 11) is 0. The Morgan fingerprint density at radius 1 is 1.26 bits per heavy atom. The molecule has 2 aromatic rings. The summed E-state index contributed by atoms with van der Waals surface area (Å²) in [4.78, 5) is 16.2. The van der Waals surface area contributed by atoms with Crippen LogP contribution in [0.15, 0.2) is 36.5 Å². The van der Waals surface area contributed by atoms with Gasteiger partial charge in [-0.25, -0.2) is 9.78 Å². The highest BCUT2D eigenvalue weighted by Gasteiger charge is 2.16. The smallest absolute Gasteiger partial charge is 0.356 e. The van der Waals surface area contributed by atoms with Gasteiger partial charge in [-0.15, -0.1) is 0 Å². The minimum atomic E-state index is -0.314. The van der Waals surface area contributed by atoms with Crippen LogP contribution in [0.2, 0.25) is 0 Å². The Balaban J connectivity index is 2.31. The summed E-state index contributed by atoms with van der Waals surface area (Å²) in [6.45, 7) is 4.84. The van der Waals surface area contributed by atoms with E-state index < -0.39 is 0 Å². The van der Waals surface area contributed by atoms with Gasteiger partial charge in [0.05, 0.1) is 12.8 Å². The third-order valence-electron chi connectivity index (χ3n) is 2.92. The molecule has 1 aromatic carbocycles. The molecule has 1 heterocycles. The first-order valence-corrected chi connectivity index (χ1v) is 6.51. The van der Waals surface area contributed by atoms with Gasteiger partial charge >= 0.3 is 5.97 Å². The third kappa shape index (κ3) is 3.02. The molecular formula is C15H18N2O2. The molecule has 0 fully saturated rings. The van der Waals surface area contributed by atoms with Crippen molar-refractivity contribution in [2.24, 2.45) is 0 Å². The van der Waals surface area contributed by atoms with Crippen LogP contribution >= 0.6 is 0 Å². The van der Waals surface area contributed by atoms with Gasteiger partial charge in [0.2, 0.25) is 0 Å². The fraction of sp³-hybridized carbons (Fsp3) is 0.333. The molecule has 0 unspecified atom stereocenters. The Kier molecular flexibility index (Phi) is 4.34. The van der Waals surface area contributed by atoms with Gasteiger partial charge in [-0.3, -0.25) is 0 Å². The number of aryl methyl sites for hydroxylation is 1. The van der Waals surface area contributed by atoms with Crippen LogP contribution in [0.4, 0.5) is 0 Å². The topological polar surface area (TPSA) is 44.1 Å².